The summed E-state index contributed by atoms with van der Waals surface area (Å²) in [4.78, 5) is 35.0. The third kappa shape index (κ3) is 5.73. The highest BCUT2D eigenvalue weighted by molar-refractivity contribution is 5.93. The molecule has 0 spiro atoms. The number of esters is 1. The van der Waals surface area contributed by atoms with Crippen LogP contribution in [-0.2, 0) is 14.3 Å². The van der Waals surface area contributed by atoms with Gasteiger partial charge in [-0.25, -0.2) is 4.79 Å². The first kappa shape index (κ1) is 19.2. The highest BCUT2D eigenvalue weighted by atomic mass is 16.5. The van der Waals surface area contributed by atoms with Crippen LogP contribution in [0.5, 0.6) is 0 Å². The summed E-state index contributed by atoms with van der Waals surface area (Å²) in [5.41, 5.74) is 1.74. The molecule has 0 unspecified atom stereocenters. The van der Waals surface area contributed by atoms with Crippen molar-refractivity contribution in [1.82, 2.24) is 0 Å². The summed E-state index contributed by atoms with van der Waals surface area (Å²) in [6.07, 6.45) is -0.0742. The predicted molar refractivity (Wildman–Crippen MR) is 97.1 cm³/mol. The first-order valence-electron chi connectivity index (χ1n) is 8.33. The van der Waals surface area contributed by atoms with Crippen molar-refractivity contribution < 1.29 is 24.2 Å². The third-order valence-electron chi connectivity index (χ3n) is 3.80. The Labute approximate surface area is 151 Å². The Morgan fingerprint density at radius 1 is 1.00 bits per heavy atom. The molecule has 0 bridgehead atoms. The minimum Gasteiger partial charge on any atom is -0.481 e. The highest BCUT2D eigenvalue weighted by Gasteiger charge is 2.19. The Kier molecular flexibility index (Phi) is 6.91. The molecule has 26 heavy (non-hydrogen) atoms. The van der Waals surface area contributed by atoms with Gasteiger partial charge in [-0.15, -0.1) is 0 Å². The number of aliphatic carboxylic acids is 1. The van der Waals surface area contributed by atoms with Crippen LogP contribution in [0.2, 0.25) is 0 Å². The van der Waals surface area contributed by atoms with Gasteiger partial charge in [0.05, 0.1) is 18.6 Å². The summed E-state index contributed by atoms with van der Waals surface area (Å²) in [5.74, 6) is -2.07. The van der Waals surface area contributed by atoms with E-state index >= 15 is 0 Å². The van der Waals surface area contributed by atoms with E-state index in [-0.39, 0.29) is 18.7 Å². The standard InChI is InChI=1S/C20H21NO5/c1-2-26-20(25)15-8-10-17(11-9-15)21-18(22)12-16(13-19(23)24)14-6-4-3-5-7-14/h3-11,16H,2,12-13H2,1H3,(H,21,22)(H,23,24)/t16-/m1/s1. The van der Waals surface area contributed by atoms with E-state index in [9.17, 15) is 14.4 Å². The summed E-state index contributed by atoms with van der Waals surface area (Å²) in [5, 5.41) is 11.8. The fourth-order valence-electron chi connectivity index (χ4n) is 2.58. The number of ether oxygens (including phenoxy) is 1. The van der Waals surface area contributed by atoms with Crippen molar-refractivity contribution in [3.63, 3.8) is 0 Å². The summed E-state index contributed by atoms with van der Waals surface area (Å²) in [6.45, 7) is 2.02. The van der Waals surface area contributed by atoms with Gasteiger partial charge >= 0.3 is 11.9 Å². The van der Waals surface area contributed by atoms with Gasteiger partial charge in [0.25, 0.3) is 0 Å². The maximum atomic E-state index is 12.3. The second-order valence-corrected chi connectivity index (χ2v) is 5.76. The second kappa shape index (κ2) is 9.36. The largest absolute Gasteiger partial charge is 0.481 e. The fourth-order valence-corrected chi connectivity index (χ4v) is 2.58. The van der Waals surface area contributed by atoms with Crippen molar-refractivity contribution in [2.24, 2.45) is 0 Å². The van der Waals surface area contributed by atoms with Crippen molar-refractivity contribution >= 4 is 23.5 Å². The predicted octanol–water partition coefficient (Wildman–Crippen LogP) is 3.45. The zero-order chi connectivity index (χ0) is 18.9. The SMILES string of the molecule is CCOC(=O)c1ccc(NC(=O)C[C@H](CC(=O)O)c2ccccc2)cc1. The van der Waals surface area contributed by atoms with Gasteiger partial charge in [-0.2, -0.15) is 0 Å². The number of carbonyl (C=O) groups excluding carboxylic acids is 2. The van der Waals surface area contributed by atoms with Crippen molar-refractivity contribution in [2.45, 2.75) is 25.7 Å². The van der Waals surface area contributed by atoms with Crippen molar-refractivity contribution in [3.8, 4) is 0 Å². The highest BCUT2D eigenvalue weighted by Crippen LogP contribution is 2.24. The monoisotopic (exact) mass is 355 g/mol. The molecule has 2 rings (SSSR count). The number of anilines is 1. The molecule has 0 aliphatic carbocycles. The first-order chi connectivity index (χ1) is 12.5. The van der Waals surface area contributed by atoms with E-state index in [4.69, 9.17) is 9.84 Å². The molecule has 0 radical (unpaired) electrons. The van der Waals surface area contributed by atoms with E-state index in [1.54, 1.807) is 31.2 Å². The average molecular weight is 355 g/mol. The number of benzene rings is 2. The molecule has 0 saturated carbocycles. The van der Waals surface area contributed by atoms with Crippen molar-refractivity contribution in [3.05, 3.63) is 65.7 Å². The van der Waals surface area contributed by atoms with Crippen LogP contribution < -0.4 is 5.32 Å². The summed E-state index contributed by atoms with van der Waals surface area (Å²) >= 11 is 0. The van der Waals surface area contributed by atoms with E-state index in [1.165, 1.54) is 0 Å². The zero-order valence-electron chi connectivity index (χ0n) is 14.5. The molecule has 2 N–H and O–H groups in total. The Morgan fingerprint density at radius 2 is 1.65 bits per heavy atom. The van der Waals surface area contributed by atoms with Crippen LogP contribution in [0.1, 0.15) is 41.6 Å². The molecule has 1 atom stereocenters. The summed E-state index contributed by atoms with van der Waals surface area (Å²) < 4.78 is 4.91. The molecule has 0 aromatic heterocycles. The molecule has 0 aliphatic rings. The van der Waals surface area contributed by atoms with Crippen molar-refractivity contribution in [1.29, 1.82) is 0 Å². The van der Waals surface area contributed by atoms with E-state index in [1.807, 2.05) is 30.3 Å². The number of amides is 1. The smallest absolute Gasteiger partial charge is 0.338 e. The quantitative estimate of drug-likeness (QED) is 0.708. The van der Waals surface area contributed by atoms with Gasteiger partial charge < -0.3 is 15.2 Å². The van der Waals surface area contributed by atoms with E-state index < -0.39 is 17.9 Å². The van der Waals surface area contributed by atoms with Crippen LogP contribution in [0.15, 0.2) is 54.6 Å². The number of rotatable bonds is 8. The van der Waals surface area contributed by atoms with Crippen LogP contribution in [0.4, 0.5) is 5.69 Å². The van der Waals surface area contributed by atoms with Gasteiger partial charge in [0, 0.05) is 18.0 Å². The lowest BCUT2D eigenvalue weighted by Gasteiger charge is -2.15. The number of hydrogen-bond donors (Lipinski definition) is 2. The first-order valence-corrected chi connectivity index (χ1v) is 8.33. The normalized spacial score (nSPS) is 11.4. The van der Waals surface area contributed by atoms with Gasteiger partial charge in [0.15, 0.2) is 0 Å². The van der Waals surface area contributed by atoms with Gasteiger partial charge in [-0.3, -0.25) is 9.59 Å². The van der Waals surface area contributed by atoms with Gasteiger partial charge in [0.1, 0.15) is 0 Å². The molecular formula is C20H21NO5. The maximum absolute atomic E-state index is 12.3. The lowest BCUT2D eigenvalue weighted by molar-refractivity contribution is -0.137. The fraction of sp³-hybridized carbons (Fsp3) is 0.250. The lowest BCUT2D eigenvalue weighted by Crippen LogP contribution is -2.17. The lowest BCUT2D eigenvalue weighted by atomic mass is 9.92. The van der Waals surface area contributed by atoms with E-state index in [0.717, 1.165) is 5.56 Å². The summed E-state index contributed by atoms with van der Waals surface area (Å²) in [7, 11) is 0. The zero-order valence-corrected chi connectivity index (χ0v) is 14.5. The minimum atomic E-state index is -0.953. The topological polar surface area (TPSA) is 92.7 Å². The second-order valence-electron chi connectivity index (χ2n) is 5.76. The molecule has 1 amide bonds. The van der Waals surface area contributed by atoms with E-state index in [2.05, 4.69) is 5.32 Å². The Bertz CT molecular complexity index is 756. The minimum absolute atomic E-state index is 0.0515. The van der Waals surface area contributed by atoms with Crippen LogP contribution in [0.25, 0.3) is 0 Å². The Morgan fingerprint density at radius 3 is 2.23 bits per heavy atom. The number of carboxylic acids is 1. The maximum Gasteiger partial charge on any atom is 0.338 e. The van der Waals surface area contributed by atoms with Crippen LogP contribution in [-0.4, -0.2) is 29.6 Å². The molecule has 6 heteroatoms. The average Bonchev–Trinajstić information content (AvgIpc) is 2.62. The Hall–Kier alpha value is -3.15. The molecule has 0 heterocycles. The number of hydrogen-bond acceptors (Lipinski definition) is 4. The number of nitrogens with one attached hydrogen (secondary N) is 1. The molecule has 2 aromatic rings. The molecule has 2 aromatic carbocycles. The molecule has 6 nitrogen and oxygen atoms in total. The van der Waals surface area contributed by atoms with Gasteiger partial charge in [-0.05, 0) is 36.8 Å². The van der Waals surface area contributed by atoms with E-state index in [0.29, 0.717) is 17.9 Å². The van der Waals surface area contributed by atoms with Gasteiger partial charge in [0.2, 0.25) is 5.91 Å². The van der Waals surface area contributed by atoms with Crippen LogP contribution in [0.3, 0.4) is 0 Å². The number of carboxylic acid groups (broad SMARTS) is 1. The summed E-state index contributed by atoms with van der Waals surface area (Å²) in [6, 6.07) is 15.5. The van der Waals surface area contributed by atoms with Crippen LogP contribution in [0, 0.1) is 0 Å². The van der Waals surface area contributed by atoms with Crippen molar-refractivity contribution in [2.75, 3.05) is 11.9 Å². The third-order valence-corrected chi connectivity index (χ3v) is 3.80. The Balaban J connectivity index is 2.01. The van der Waals surface area contributed by atoms with Crippen LogP contribution >= 0.6 is 0 Å². The molecule has 0 aliphatic heterocycles. The molecular weight excluding hydrogens is 334 g/mol. The number of carbonyl (C=O) groups is 3. The van der Waals surface area contributed by atoms with Gasteiger partial charge in [-0.1, -0.05) is 30.3 Å². The molecule has 136 valence electrons. The molecule has 0 fully saturated rings. The molecule has 0 saturated heterocycles.